The summed E-state index contributed by atoms with van der Waals surface area (Å²) in [5.41, 5.74) is 13.6. The first-order chi connectivity index (χ1) is 18.6. The van der Waals surface area contributed by atoms with Crippen molar-refractivity contribution in [3.63, 3.8) is 0 Å². The van der Waals surface area contributed by atoms with Gasteiger partial charge in [0.1, 0.15) is 24.5 Å². The first kappa shape index (κ1) is 28.1. The highest BCUT2D eigenvalue weighted by Crippen LogP contribution is 2.24. The second kappa shape index (κ2) is 11.8. The van der Waals surface area contributed by atoms with Crippen LogP contribution in [0.5, 0.6) is 0 Å². The van der Waals surface area contributed by atoms with Crippen LogP contribution in [0.15, 0.2) is 48.5 Å². The molecular weight excluding hydrogens is 500 g/mol. The van der Waals surface area contributed by atoms with Gasteiger partial charge in [-0.2, -0.15) is 0 Å². The topological polar surface area (TPSA) is 154 Å². The van der Waals surface area contributed by atoms with Crippen molar-refractivity contribution in [2.24, 2.45) is 11.5 Å². The van der Waals surface area contributed by atoms with Crippen LogP contribution in [0.1, 0.15) is 55.5 Å². The molecule has 0 radical (unpaired) electrons. The van der Waals surface area contributed by atoms with E-state index in [-0.39, 0.29) is 19.1 Å². The van der Waals surface area contributed by atoms with E-state index in [1.54, 1.807) is 13.8 Å². The molecule has 0 bridgehead atoms. The van der Waals surface area contributed by atoms with Crippen LogP contribution in [-0.2, 0) is 32.3 Å². The molecule has 1 saturated heterocycles. The number of aryl methyl sites for hydroxylation is 1. The Morgan fingerprint density at radius 1 is 1.13 bits per heavy atom. The first-order valence-corrected chi connectivity index (χ1v) is 13.0. The van der Waals surface area contributed by atoms with Crippen molar-refractivity contribution in [3.05, 3.63) is 71.3 Å². The lowest BCUT2D eigenvalue weighted by molar-refractivity contribution is -0.126. The highest BCUT2D eigenvalue weighted by molar-refractivity contribution is 5.85. The molecule has 4 rings (SSSR count). The number of carbonyl (C=O) groups excluding carboxylic acids is 3. The average molecular weight is 537 g/mol. The van der Waals surface area contributed by atoms with Gasteiger partial charge in [0.15, 0.2) is 0 Å². The summed E-state index contributed by atoms with van der Waals surface area (Å²) in [6, 6.07) is 14.0. The van der Waals surface area contributed by atoms with Crippen molar-refractivity contribution >= 4 is 23.4 Å². The molecule has 2 atom stereocenters. The molecule has 11 nitrogen and oxygen atoms in total. The standard InChI is InChI=1S/C28H36N6O5/c1-18-22-12-7-11-20(16-39-27(37)33-14-8-13-23(33)24(29)35)34(22)25(31-18)21(32-26(36)28(2,3)30)17-38-15-19-9-5-4-6-10-19/h4-7,9-12,21,23H,8,13-17,30H2,1-3H3,(H2,29,35)(H,32,36)/t21?,23-/m0/s1. The molecule has 2 aromatic heterocycles. The maximum absolute atomic E-state index is 12.9. The van der Waals surface area contributed by atoms with Gasteiger partial charge in [-0.3, -0.25) is 18.9 Å². The fraction of sp³-hybridized carbons (Fsp3) is 0.429. The summed E-state index contributed by atoms with van der Waals surface area (Å²) in [4.78, 5) is 43.6. The molecule has 3 aromatic rings. The molecule has 3 amide bonds. The zero-order chi connectivity index (χ0) is 28.2. The molecule has 0 saturated carbocycles. The molecule has 0 aliphatic carbocycles. The van der Waals surface area contributed by atoms with Crippen molar-refractivity contribution < 1.29 is 23.9 Å². The van der Waals surface area contributed by atoms with E-state index in [1.807, 2.05) is 59.9 Å². The Labute approximate surface area is 227 Å². The van der Waals surface area contributed by atoms with Crippen LogP contribution >= 0.6 is 0 Å². The molecule has 1 aromatic carbocycles. The van der Waals surface area contributed by atoms with Crippen LogP contribution < -0.4 is 16.8 Å². The van der Waals surface area contributed by atoms with E-state index in [9.17, 15) is 14.4 Å². The van der Waals surface area contributed by atoms with E-state index in [1.165, 1.54) is 4.90 Å². The second-order valence-electron chi connectivity index (χ2n) is 10.4. The first-order valence-electron chi connectivity index (χ1n) is 13.0. The fourth-order valence-electron chi connectivity index (χ4n) is 4.63. The number of benzene rings is 1. The average Bonchev–Trinajstić information content (AvgIpc) is 3.52. The van der Waals surface area contributed by atoms with Gasteiger partial charge >= 0.3 is 6.09 Å². The summed E-state index contributed by atoms with van der Waals surface area (Å²) in [6.45, 7) is 5.94. The molecule has 0 spiro atoms. The number of rotatable bonds is 10. The van der Waals surface area contributed by atoms with Gasteiger partial charge in [-0.25, -0.2) is 9.78 Å². The Morgan fingerprint density at radius 2 is 1.87 bits per heavy atom. The van der Waals surface area contributed by atoms with E-state index in [2.05, 4.69) is 5.32 Å². The molecule has 1 fully saturated rings. The molecule has 3 heterocycles. The number of nitrogens with zero attached hydrogens (tertiary/aromatic N) is 3. The summed E-state index contributed by atoms with van der Waals surface area (Å²) in [7, 11) is 0. The minimum atomic E-state index is -1.12. The van der Waals surface area contributed by atoms with Gasteiger partial charge in [-0.15, -0.1) is 0 Å². The Kier molecular flexibility index (Phi) is 8.51. The fourth-order valence-corrected chi connectivity index (χ4v) is 4.63. The summed E-state index contributed by atoms with van der Waals surface area (Å²) in [5.74, 6) is -0.382. The monoisotopic (exact) mass is 536 g/mol. The van der Waals surface area contributed by atoms with Crippen LogP contribution in [0.4, 0.5) is 4.79 Å². The number of amides is 3. The van der Waals surface area contributed by atoms with E-state index < -0.39 is 29.6 Å². The van der Waals surface area contributed by atoms with Gasteiger partial charge in [0, 0.05) is 6.54 Å². The number of fused-ring (bicyclic) bond motifs is 1. The van der Waals surface area contributed by atoms with E-state index in [0.29, 0.717) is 37.5 Å². The van der Waals surface area contributed by atoms with Gasteiger partial charge in [0.25, 0.3) is 0 Å². The highest BCUT2D eigenvalue weighted by Gasteiger charge is 2.34. The van der Waals surface area contributed by atoms with Gasteiger partial charge in [-0.05, 0) is 51.3 Å². The molecule has 1 aliphatic heterocycles. The minimum Gasteiger partial charge on any atom is -0.443 e. The normalized spacial score (nSPS) is 16.3. The molecule has 1 unspecified atom stereocenters. The van der Waals surface area contributed by atoms with Gasteiger partial charge in [0.05, 0.1) is 35.7 Å². The maximum Gasteiger partial charge on any atom is 0.410 e. The van der Waals surface area contributed by atoms with Gasteiger partial charge in [0.2, 0.25) is 11.8 Å². The zero-order valence-electron chi connectivity index (χ0n) is 22.6. The van der Waals surface area contributed by atoms with Crippen molar-refractivity contribution in [1.82, 2.24) is 19.6 Å². The number of nitrogens with one attached hydrogen (secondary N) is 1. The maximum atomic E-state index is 12.9. The predicted octanol–water partition coefficient (Wildman–Crippen LogP) is 2.34. The van der Waals surface area contributed by atoms with Crippen LogP contribution in [-0.4, -0.2) is 56.9 Å². The van der Waals surface area contributed by atoms with Crippen LogP contribution in [0, 0.1) is 6.92 Å². The lowest BCUT2D eigenvalue weighted by atomic mass is 10.1. The molecule has 5 N–H and O–H groups in total. The minimum absolute atomic E-state index is 0.0745. The summed E-state index contributed by atoms with van der Waals surface area (Å²) in [5, 5.41) is 2.98. The Morgan fingerprint density at radius 3 is 2.56 bits per heavy atom. The molecular formula is C28H36N6O5. The summed E-state index contributed by atoms with van der Waals surface area (Å²) in [6.07, 6.45) is 0.602. The third kappa shape index (κ3) is 6.55. The van der Waals surface area contributed by atoms with Crippen LogP contribution in [0.2, 0.25) is 0 Å². The molecule has 39 heavy (non-hydrogen) atoms. The number of aromatic nitrogens is 2. The van der Waals surface area contributed by atoms with Gasteiger partial charge < -0.3 is 26.3 Å². The lowest BCUT2D eigenvalue weighted by Crippen LogP contribution is -2.51. The van der Waals surface area contributed by atoms with Crippen molar-refractivity contribution in [1.29, 1.82) is 0 Å². The Balaban J connectivity index is 1.60. The number of carbonyl (C=O) groups is 3. The predicted molar refractivity (Wildman–Crippen MR) is 144 cm³/mol. The summed E-state index contributed by atoms with van der Waals surface area (Å²) < 4.78 is 13.5. The van der Waals surface area contributed by atoms with Gasteiger partial charge in [-0.1, -0.05) is 36.4 Å². The SMILES string of the molecule is Cc1nc(C(COCc2ccccc2)NC(=O)C(C)(C)N)n2c(COC(=O)N3CCC[C@H]3C(N)=O)cccc12. The number of hydrogen-bond donors (Lipinski definition) is 3. The number of hydrogen-bond acceptors (Lipinski definition) is 7. The third-order valence-electron chi connectivity index (χ3n) is 6.71. The molecule has 1 aliphatic rings. The second-order valence-corrected chi connectivity index (χ2v) is 10.4. The van der Waals surface area contributed by atoms with Crippen LogP contribution in [0.25, 0.3) is 5.52 Å². The quantitative estimate of drug-likeness (QED) is 0.359. The van der Waals surface area contributed by atoms with E-state index in [0.717, 1.165) is 16.8 Å². The summed E-state index contributed by atoms with van der Waals surface area (Å²) >= 11 is 0. The number of imidazole rings is 1. The molecule has 208 valence electrons. The smallest absolute Gasteiger partial charge is 0.410 e. The third-order valence-corrected chi connectivity index (χ3v) is 6.71. The van der Waals surface area contributed by atoms with Crippen molar-refractivity contribution in [2.45, 2.75) is 64.4 Å². The van der Waals surface area contributed by atoms with Crippen LogP contribution in [0.3, 0.4) is 0 Å². The number of pyridine rings is 1. The number of nitrogens with two attached hydrogens (primary N) is 2. The Hall–Kier alpha value is -3.96. The number of likely N-dealkylation sites (tertiary alicyclic amines) is 1. The number of ether oxygens (including phenoxy) is 2. The number of primary amides is 1. The van der Waals surface area contributed by atoms with E-state index >= 15 is 0 Å². The van der Waals surface area contributed by atoms with Crippen molar-refractivity contribution in [3.8, 4) is 0 Å². The molecule has 11 heteroatoms. The van der Waals surface area contributed by atoms with E-state index in [4.69, 9.17) is 25.9 Å². The largest absolute Gasteiger partial charge is 0.443 e. The van der Waals surface area contributed by atoms with Crippen molar-refractivity contribution in [2.75, 3.05) is 13.2 Å². The zero-order valence-corrected chi connectivity index (χ0v) is 22.6. The highest BCUT2D eigenvalue weighted by atomic mass is 16.6. The lowest BCUT2D eigenvalue weighted by Gasteiger charge is -2.25. The Bertz CT molecular complexity index is 1330.